The van der Waals surface area contributed by atoms with Crippen molar-refractivity contribution in [3.8, 4) is 44.8 Å². The van der Waals surface area contributed by atoms with Gasteiger partial charge in [0.25, 0.3) is 0 Å². The summed E-state index contributed by atoms with van der Waals surface area (Å²) in [5, 5.41) is 4.85. The van der Waals surface area contributed by atoms with Crippen molar-refractivity contribution in [2.45, 2.75) is 6.54 Å². The summed E-state index contributed by atoms with van der Waals surface area (Å²) in [6.07, 6.45) is 0. The molecule has 0 aliphatic carbocycles. The highest BCUT2D eigenvalue weighted by atomic mass is 15.0. The summed E-state index contributed by atoms with van der Waals surface area (Å²) >= 11 is 0. The molecule has 0 atom stereocenters. The normalized spacial score (nSPS) is 12.1. The number of fused-ring (bicyclic) bond motifs is 6. The average Bonchev–Trinajstić information content (AvgIpc) is 3.95. The Kier molecular flexibility index (Phi) is 10.7. The lowest BCUT2D eigenvalue weighted by molar-refractivity contribution is 1.06. The lowest BCUT2D eigenvalue weighted by Gasteiger charge is -2.12. The van der Waals surface area contributed by atoms with E-state index in [9.17, 15) is 0 Å². The SMILES string of the molecule is C=NC(=NC(=NCc1ccccc1)c1ccc(-c2ccccc2)cc1)c1cccc(-c2cccc3c2c2ccccc2n3-c2ccc(-c3cccc4c3c3ccccc3n4-c3ccccc3)cc2)c1. The third-order valence-corrected chi connectivity index (χ3v) is 13.1. The Morgan fingerprint density at radius 1 is 0.362 bits per heavy atom. The van der Waals surface area contributed by atoms with Gasteiger partial charge in [-0.25, -0.2) is 9.98 Å². The molecule has 0 spiro atoms. The van der Waals surface area contributed by atoms with E-state index in [-0.39, 0.29) is 0 Å². The van der Waals surface area contributed by atoms with Gasteiger partial charge in [-0.15, -0.1) is 0 Å². The molecule has 0 aliphatic heterocycles. The number of para-hydroxylation sites is 3. The number of hydrogen-bond acceptors (Lipinski definition) is 1. The van der Waals surface area contributed by atoms with Gasteiger partial charge in [0, 0.05) is 44.0 Å². The first-order valence-corrected chi connectivity index (χ1v) is 23.3. The molecule has 12 rings (SSSR count). The number of aromatic nitrogens is 2. The predicted molar refractivity (Wildman–Crippen MR) is 291 cm³/mol. The summed E-state index contributed by atoms with van der Waals surface area (Å²) in [5.74, 6) is 1.10. The third-order valence-electron chi connectivity index (χ3n) is 13.1. The number of hydrogen-bond donors (Lipinski definition) is 0. The van der Waals surface area contributed by atoms with E-state index >= 15 is 0 Å². The minimum absolute atomic E-state index is 0.482. The second-order valence-corrected chi connectivity index (χ2v) is 17.2. The van der Waals surface area contributed by atoms with Crippen molar-refractivity contribution in [2.75, 3.05) is 0 Å². The number of rotatable bonds is 9. The second-order valence-electron chi connectivity index (χ2n) is 17.2. The lowest BCUT2D eigenvalue weighted by atomic mass is 9.97. The van der Waals surface area contributed by atoms with E-state index in [4.69, 9.17) is 9.98 Å². The summed E-state index contributed by atoms with van der Waals surface area (Å²) < 4.78 is 4.76. The van der Waals surface area contributed by atoms with Gasteiger partial charge in [0.2, 0.25) is 0 Å². The van der Waals surface area contributed by atoms with Gasteiger partial charge in [-0.05, 0) is 100 Å². The molecule has 12 aromatic rings. The van der Waals surface area contributed by atoms with E-state index in [2.05, 4.69) is 245 Å². The van der Waals surface area contributed by atoms with Crippen LogP contribution in [0.1, 0.15) is 16.7 Å². The van der Waals surface area contributed by atoms with E-state index in [0.29, 0.717) is 18.2 Å². The average molecular weight is 884 g/mol. The molecule has 0 N–H and O–H groups in total. The summed E-state index contributed by atoms with van der Waals surface area (Å²) in [6, 6.07) is 87.9. The molecule has 0 bridgehead atoms. The highest BCUT2D eigenvalue weighted by molar-refractivity contribution is 6.18. The van der Waals surface area contributed by atoms with Gasteiger partial charge in [-0.2, -0.15) is 0 Å². The Morgan fingerprint density at radius 2 is 0.841 bits per heavy atom. The first-order chi connectivity index (χ1) is 34.2. The molecule has 0 radical (unpaired) electrons. The molecule has 5 nitrogen and oxygen atoms in total. The summed E-state index contributed by atoms with van der Waals surface area (Å²) in [5.41, 5.74) is 16.6. The van der Waals surface area contributed by atoms with E-state index < -0.39 is 0 Å². The van der Waals surface area contributed by atoms with Crippen LogP contribution in [0, 0.1) is 0 Å². The quantitative estimate of drug-likeness (QED) is 0.102. The van der Waals surface area contributed by atoms with Crippen LogP contribution in [0.15, 0.2) is 264 Å². The number of amidine groups is 2. The van der Waals surface area contributed by atoms with Gasteiger partial charge in [0.15, 0.2) is 11.7 Å². The van der Waals surface area contributed by atoms with E-state index in [1.807, 2.05) is 24.3 Å². The van der Waals surface area contributed by atoms with Crippen molar-refractivity contribution in [1.82, 2.24) is 9.13 Å². The Morgan fingerprint density at radius 3 is 1.46 bits per heavy atom. The van der Waals surface area contributed by atoms with Gasteiger partial charge < -0.3 is 9.13 Å². The predicted octanol–water partition coefficient (Wildman–Crippen LogP) is 16.0. The maximum Gasteiger partial charge on any atom is 0.161 e. The molecule has 2 heterocycles. The topological polar surface area (TPSA) is 46.9 Å². The van der Waals surface area contributed by atoms with Crippen LogP contribution in [0.2, 0.25) is 0 Å². The standard InChI is InChI=1S/C64H45N5/c1-65-63(67-64(66-43-44-18-5-2-6-19-44)48-36-34-46(35-37-48)45-20-7-3-8-21-45)50-23-15-22-49(42-50)54-29-17-33-60-62(54)56-27-12-14-31-58(56)69(60)52-40-38-47(39-41-52)53-28-16-32-59-61(53)55-26-11-13-30-57(55)68(59)51-24-9-4-10-25-51/h2-42H,1,43H2. The van der Waals surface area contributed by atoms with E-state index in [1.54, 1.807) is 0 Å². The number of nitrogens with zero attached hydrogens (tertiary/aromatic N) is 5. The molecule has 0 aliphatic rings. The van der Waals surface area contributed by atoms with Crippen LogP contribution < -0.4 is 0 Å². The molecule has 2 aromatic heterocycles. The Bertz CT molecular complexity index is 3900. The molecule has 0 unspecified atom stereocenters. The van der Waals surface area contributed by atoms with Crippen LogP contribution in [0.25, 0.3) is 88.4 Å². The Hall–Kier alpha value is -9.19. The largest absolute Gasteiger partial charge is 0.309 e. The number of benzene rings is 10. The van der Waals surface area contributed by atoms with E-state index in [0.717, 1.165) is 61.4 Å². The van der Waals surface area contributed by atoms with Crippen LogP contribution in [0.3, 0.4) is 0 Å². The highest BCUT2D eigenvalue weighted by Gasteiger charge is 2.19. The fourth-order valence-electron chi connectivity index (χ4n) is 9.94. The third kappa shape index (κ3) is 7.62. The van der Waals surface area contributed by atoms with Gasteiger partial charge >= 0.3 is 0 Å². The second kappa shape index (κ2) is 17.9. The van der Waals surface area contributed by atoms with Crippen LogP contribution in [-0.4, -0.2) is 27.5 Å². The maximum absolute atomic E-state index is 5.15. The molecular formula is C64H45N5. The van der Waals surface area contributed by atoms with Crippen molar-refractivity contribution in [2.24, 2.45) is 15.0 Å². The fourth-order valence-corrected chi connectivity index (χ4v) is 9.94. The zero-order valence-corrected chi connectivity index (χ0v) is 37.8. The monoisotopic (exact) mass is 883 g/mol. The zero-order valence-electron chi connectivity index (χ0n) is 37.8. The summed E-state index contributed by atoms with van der Waals surface area (Å²) in [6.45, 7) is 4.50. The van der Waals surface area contributed by atoms with Crippen LogP contribution in [0.5, 0.6) is 0 Å². The fraction of sp³-hybridized carbons (Fsp3) is 0.0156. The molecule has 69 heavy (non-hydrogen) atoms. The van der Waals surface area contributed by atoms with Crippen molar-refractivity contribution in [1.29, 1.82) is 0 Å². The van der Waals surface area contributed by atoms with Crippen molar-refractivity contribution in [3.63, 3.8) is 0 Å². The van der Waals surface area contributed by atoms with Crippen molar-refractivity contribution < 1.29 is 0 Å². The van der Waals surface area contributed by atoms with Gasteiger partial charge in [0.1, 0.15) is 0 Å². The molecule has 0 amide bonds. The zero-order chi connectivity index (χ0) is 46.1. The smallest absolute Gasteiger partial charge is 0.161 e. The first kappa shape index (κ1) is 41.3. The molecular weight excluding hydrogens is 839 g/mol. The highest BCUT2D eigenvalue weighted by Crippen LogP contribution is 2.41. The molecule has 10 aromatic carbocycles. The molecule has 5 heteroatoms. The van der Waals surface area contributed by atoms with Gasteiger partial charge in [-0.3, -0.25) is 4.99 Å². The minimum Gasteiger partial charge on any atom is -0.309 e. The van der Waals surface area contributed by atoms with Gasteiger partial charge in [-0.1, -0.05) is 194 Å². The molecule has 0 saturated heterocycles. The van der Waals surface area contributed by atoms with Gasteiger partial charge in [0.05, 0.1) is 28.6 Å². The summed E-state index contributed by atoms with van der Waals surface area (Å²) in [7, 11) is 0. The van der Waals surface area contributed by atoms with Crippen LogP contribution in [-0.2, 0) is 6.54 Å². The lowest BCUT2D eigenvalue weighted by Crippen LogP contribution is -2.06. The molecule has 326 valence electrons. The first-order valence-electron chi connectivity index (χ1n) is 23.3. The van der Waals surface area contributed by atoms with Crippen molar-refractivity contribution in [3.05, 3.63) is 265 Å². The summed E-state index contributed by atoms with van der Waals surface area (Å²) in [4.78, 5) is 14.7. The van der Waals surface area contributed by atoms with Crippen LogP contribution in [0.4, 0.5) is 0 Å². The Labute approximate surface area is 401 Å². The molecule has 0 saturated carbocycles. The van der Waals surface area contributed by atoms with Crippen molar-refractivity contribution >= 4 is 62.0 Å². The maximum atomic E-state index is 5.15. The van der Waals surface area contributed by atoms with E-state index in [1.165, 1.54) is 43.7 Å². The number of aliphatic imine (C=N–C) groups is 3. The Balaban J connectivity index is 0.927. The van der Waals surface area contributed by atoms with Crippen LogP contribution >= 0.6 is 0 Å². The molecule has 0 fully saturated rings. The minimum atomic E-state index is 0.482.